The molecule has 0 aliphatic carbocycles. The van der Waals surface area contributed by atoms with Gasteiger partial charge in [0.25, 0.3) is 0 Å². The topological polar surface area (TPSA) is 47.6 Å². The first kappa shape index (κ1) is 12.1. The van der Waals surface area contributed by atoms with Gasteiger partial charge in [-0.3, -0.25) is 0 Å². The molecule has 1 rings (SSSR count). The van der Waals surface area contributed by atoms with Crippen LogP contribution in [-0.4, -0.2) is 29.9 Å². The van der Waals surface area contributed by atoms with Crippen LogP contribution in [0.25, 0.3) is 4.47 Å². The number of nitriles is 2. The Morgan fingerprint density at radius 3 is 2.40 bits per heavy atom. The summed E-state index contributed by atoms with van der Waals surface area (Å²) in [5, 5.41) is 17.2. The van der Waals surface area contributed by atoms with Gasteiger partial charge in [-0.1, -0.05) is 0 Å². The van der Waals surface area contributed by atoms with Crippen LogP contribution in [0.1, 0.15) is 11.1 Å². The Morgan fingerprint density at radius 2 is 1.87 bits per heavy atom. The van der Waals surface area contributed by atoms with E-state index in [0.717, 1.165) is 10.0 Å². The van der Waals surface area contributed by atoms with Crippen molar-refractivity contribution in [2.75, 3.05) is 0 Å². The zero-order chi connectivity index (χ0) is 11.1. The number of hydrogen-bond donors (Lipinski definition) is 0. The summed E-state index contributed by atoms with van der Waals surface area (Å²) in [7, 11) is 0. The van der Waals surface area contributed by atoms with Crippen LogP contribution in [0.4, 0.5) is 0 Å². The number of rotatable bonds is 3. The first-order chi connectivity index (χ1) is 7.27. The Balaban J connectivity index is 2.96. The summed E-state index contributed by atoms with van der Waals surface area (Å²) in [5.41, 5.74) is 2.27. The monoisotopic (exact) mass is 328 g/mol. The minimum absolute atomic E-state index is 0.154. The molecule has 0 aliphatic heterocycles. The van der Waals surface area contributed by atoms with Crippen molar-refractivity contribution in [2.45, 2.75) is 6.92 Å². The summed E-state index contributed by atoms with van der Waals surface area (Å²) >= 11 is -0.341. The van der Waals surface area contributed by atoms with Gasteiger partial charge in [-0.15, -0.1) is 0 Å². The fraction of sp³-hybridized carbons (Fsp3) is 0.0909. The van der Waals surface area contributed by atoms with E-state index in [1.54, 1.807) is 0 Å². The van der Waals surface area contributed by atoms with Crippen LogP contribution in [0, 0.1) is 27.4 Å². The molecule has 1 aromatic carbocycles. The second-order valence-corrected chi connectivity index (χ2v) is 5.86. The molecule has 74 valence electrons. The van der Waals surface area contributed by atoms with Crippen LogP contribution in [0.3, 0.4) is 0 Å². The Kier molecular flexibility index (Phi) is 5.19. The zero-order valence-electron chi connectivity index (χ0n) is 8.10. The third-order valence-corrected chi connectivity index (χ3v) is 4.82. The van der Waals surface area contributed by atoms with Crippen LogP contribution in [-0.2, 0) is 0 Å². The number of aryl methyl sites for hydroxylation is 1. The van der Waals surface area contributed by atoms with Gasteiger partial charge in [0.05, 0.1) is 0 Å². The predicted octanol–water partition coefficient (Wildman–Crippen LogP) is 1.66. The molecule has 0 radical (unpaired) electrons. The van der Waals surface area contributed by atoms with Gasteiger partial charge in [0.15, 0.2) is 0 Å². The van der Waals surface area contributed by atoms with Crippen molar-refractivity contribution in [3.05, 3.63) is 40.4 Å². The van der Waals surface area contributed by atoms with Gasteiger partial charge in [0.2, 0.25) is 0 Å². The molecule has 15 heavy (non-hydrogen) atoms. The Labute approximate surface area is 102 Å². The van der Waals surface area contributed by atoms with Crippen molar-refractivity contribution in [1.82, 2.24) is 0 Å². The molecule has 4 heteroatoms. The molecule has 0 N–H and O–H groups in total. The first-order valence-corrected chi connectivity index (χ1v) is 7.71. The molecule has 0 saturated carbocycles. The molecule has 0 amide bonds. The second-order valence-electron chi connectivity index (χ2n) is 2.75. The molecular weight excluding hydrogens is 318 g/mol. The van der Waals surface area contributed by atoms with Crippen molar-refractivity contribution in [2.24, 2.45) is 0 Å². The predicted molar refractivity (Wildman–Crippen MR) is 61.9 cm³/mol. The van der Waals surface area contributed by atoms with E-state index < -0.39 is 0 Å². The van der Waals surface area contributed by atoms with E-state index in [0.29, 0.717) is 0 Å². The number of nitrogens with zero attached hydrogens (tertiary/aromatic N) is 2. The molecule has 0 heterocycles. The molecule has 0 bridgehead atoms. The van der Waals surface area contributed by atoms with Crippen LogP contribution in [0.15, 0.2) is 29.2 Å². The summed E-state index contributed by atoms with van der Waals surface area (Å²) in [6.07, 6.45) is 0. The van der Waals surface area contributed by atoms with Crippen molar-refractivity contribution in [3.63, 3.8) is 0 Å². The summed E-state index contributed by atoms with van der Waals surface area (Å²) in [6, 6.07) is 8.06. The molecule has 0 spiro atoms. The number of benzene rings is 1. The third kappa shape index (κ3) is 3.92. The van der Waals surface area contributed by atoms with Crippen LogP contribution >= 0.6 is 0 Å². The molecule has 0 unspecified atom stereocenters. The average Bonchev–Trinajstić information content (AvgIpc) is 2.25. The molecule has 0 aliphatic rings. The zero-order valence-corrected chi connectivity index (χ0v) is 11.5. The molecule has 1 aromatic rings. The Hall–Kier alpha value is -1.02. The molecular formula is C11H8N2Se2. The number of hydrogen-bond acceptors (Lipinski definition) is 2. The molecule has 2 nitrogen and oxygen atoms in total. The van der Waals surface area contributed by atoms with E-state index >= 15 is 0 Å². The Morgan fingerprint density at radius 1 is 1.20 bits per heavy atom. The quantitative estimate of drug-likeness (QED) is 0.793. The van der Waals surface area contributed by atoms with Crippen LogP contribution in [0.2, 0.25) is 0 Å². The minimum atomic E-state index is -0.187. The van der Waals surface area contributed by atoms with Crippen molar-refractivity contribution < 1.29 is 0 Å². The molecule has 0 saturated heterocycles. The van der Waals surface area contributed by atoms with E-state index in [1.807, 2.05) is 36.2 Å². The van der Waals surface area contributed by atoms with Crippen LogP contribution < -0.4 is 0 Å². The van der Waals surface area contributed by atoms with Crippen molar-refractivity contribution in [1.29, 1.82) is 10.5 Å². The van der Waals surface area contributed by atoms with E-state index in [1.165, 1.54) is 5.56 Å². The van der Waals surface area contributed by atoms with E-state index in [9.17, 15) is 0 Å². The fourth-order valence-corrected chi connectivity index (χ4v) is 3.51. The summed E-state index contributed by atoms with van der Waals surface area (Å²) < 4.78 is 1.02. The normalized spacial score (nSPS) is 10.5. The fourth-order valence-electron chi connectivity index (χ4n) is 0.998. The molecule has 0 fully saturated rings. The van der Waals surface area contributed by atoms with Crippen molar-refractivity contribution in [3.8, 4) is 9.94 Å². The summed E-state index contributed by atoms with van der Waals surface area (Å²) in [5.74, 6) is 0. The molecule has 0 atom stereocenters. The van der Waals surface area contributed by atoms with Gasteiger partial charge in [-0.05, 0) is 0 Å². The average molecular weight is 326 g/mol. The summed E-state index contributed by atoms with van der Waals surface area (Å²) in [4.78, 5) is 6.21. The maximum absolute atomic E-state index is 8.71. The second kappa shape index (κ2) is 6.46. The van der Waals surface area contributed by atoms with Crippen LogP contribution in [0.5, 0.6) is 0 Å². The van der Waals surface area contributed by atoms with Gasteiger partial charge < -0.3 is 0 Å². The Bertz CT molecular complexity index is 435. The first-order valence-electron chi connectivity index (χ1n) is 4.16. The van der Waals surface area contributed by atoms with E-state index in [2.05, 4.69) is 9.94 Å². The summed E-state index contributed by atoms with van der Waals surface area (Å²) in [6.45, 7) is 2.03. The third-order valence-electron chi connectivity index (χ3n) is 1.71. The van der Waals surface area contributed by atoms with Gasteiger partial charge in [-0.2, -0.15) is 0 Å². The van der Waals surface area contributed by atoms with Crippen molar-refractivity contribution >= 4 is 34.4 Å². The SMILES string of the molecule is Cc1ccc(C(=C[Se]C#N)[Se]C#N)cc1. The standard InChI is InChI=1S/C11H8N2Se2/c1-9-2-4-10(5-3-9)11(15-8-13)6-14-7-12/h2-6H,1H3. The van der Waals surface area contributed by atoms with Gasteiger partial charge in [-0.25, -0.2) is 0 Å². The maximum atomic E-state index is 8.71. The van der Waals surface area contributed by atoms with Gasteiger partial charge in [0, 0.05) is 0 Å². The van der Waals surface area contributed by atoms with E-state index in [-0.39, 0.29) is 29.9 Å². The molecule has 0 aromatic heterocycles. The van der Waals surface area contributed by atoms with Gasteiger partial charge >= 0.3 is 102 Å². The van der Waals surface area contributed by atoms with E-state index in [4.69, 9.17) is 10.5 Å². The van der Waals surface area contributed by atoms with Gasteiger partial charge in [0.1, 0.15) is 0 Å².